The van der Waals surface area contributed by atoms with Gasteiger partial charge in [-0.25, -0.2) is 4.98 Å². The number of nitrogens with one attached hydrogen (secondary N) is 1. The quantitative estimate of drug-likeness (QED) is 0.886. The van der Waals surface area contributed by atoms with E-state index in [1.54, 1.807) is 7.11 Å². The summed E-state index contributed by atoms with van der Waals surface area (Å²) in [5.74, 6) is 1.64. The lowest BCUT2D eigenvalue weighted by molar-refractivity contribution is 0.293. The van der Waals surface area contributed by atoms with Gasteiger partial charge in [0.25, 0.3) is 0 Å². The van der Waals surface area contributed by atoms with Crippen molar-refractivity contribution in [2.24, 2.45) is 0 Å². The van der Waals surface area contributed by atoms with E-state index in [4.69, 9.17) is 21.1 Å². The van der Waals surface area contributed by atoms with Gasteiger partial charge in [-0.05, 0) is 24.6 Å². The molecule has 0 aliphatic carbocycles. The van der Waals surface area contributed by atoms with Gasteiger partial charge in [-0.2, -0.15) is 4.98 Å². The largest absolute Gasteiger partial charge is 0.497 e. The van der Waals surface area contributed by atoms with Gasteiger partial charge in [-0.3, -0.25) is 0 Å². The summed E-state index contributed by atoms with van der Waals surface area (Å²) < 4.78 is 10.8. The zero-order valence-corrected chi connectivity index (χ0v) is 12.1. The number of hydrogen-bond acceptors (Lipinski definition) is 5. The Morgan fingerprint density at radius 2 is 2.20 bits per heavy atom. The smallest absolute Gasteiger partial charge is 0.237 e. The van der Waals surface area contributed by atoms with Gasteiger partial charge in [0.1, 0.15) is 17.4 Å². The van der Waals surface area contributed by atoms with Crippen molar-refractivity contribution in [3.8, 4) is 11.6 Å². The van der Waals surface area contributed by atoms with Gasteiger partial charge in [0.05, 0.1) is 13.3 Å². The number of aromatic nitrogens is 2. The molecule has 20 heavy (non-hydrogen) atoms. The Morgan fingerprint density at radius 3 is 2.95 bits per heavy atom. The molecule has 0 unspecified atom stereocenters. The maximum absolute atomic E-state index is 6.02. The third-order valence-electron chi connectivity index (χ3n) is 2.56. The molecule has 0 saturated carbocycles. The molecule has 1 aromatic carbocycles. The average molecular weight is 294 g/mol. The van der Waals surface area contributed by atoms with Crippen LogP contribution in [-0.4, -0.2) is 23.6 Å². The Balaban J connectivity index is 2.07. The zero-order valence-electron chi connectivity index (χ0n) is 11.4. The van der Waals surface area contributed by atoms with Crippen molar-refractivity contribution < 1.29 is 9.47 Å². The molecule has 0 aliphatic rings. The van der Waals surface area contributed by atoms with Crippen LogP contribution < -0.4 is 14.8 Å². The van der Waals surface area contributed by atoms with Crippen LogP contribution in [0.4, 0.5) is 5.95 Å². The first-order valence-electron chi connectivity index (χ1n) is 6.25. The maximum atomic E-state index is 6.02. The number of methoxy groups -OCH3 is 1. The second-order valence-corrected chi connectivity index (χ2v) is 4.42. The number of hydrogen-bond donors (Lipinski definition) is 1. The van der Waals surface area contributed by atoms with Crippen LogP contribution in [-0.2, 0) is 6.61 Å². The van der Waals surface area contributed by atoms with Gasteiger partial charge in [-0.1, -0.05) is 23.7 Å². The number of halogens is 1. The Labute approximate surface area is 122 Å². The number of nitrogens with zero attached hydrogens (tertiary/aromatic N) is 2. The minimum atomic E-state index is 0.361. The van der Waals surface area contributed by atoms with Crippen molar-refractivity contribution in [2.75, 3.05) is 19.0 Å². The van der Waals surface area contributed by atoms with E-state index in [2.05, 4.69) is 15.3 Å². The first-order valence-corrected chi connectivity index (χ1v) is 6.63. The fourth-order valence-corrected chi connectivity index (χ4v) is 1.76. The molecule has 0 aliphatic heterocycles. The van der Waals surface area contributed by atoms with Gasteiger partial charge < -0.3 is 14.8 Å². The van der Waals surface area contributed by atoms with E-state index in [1.165, 1.54) is 6.20 Å². The SMILES string of the molecule is CCNc1ncc(Cl)c(OCc2cccc(OC)c2)n1. The van der Waals surface area contributed by atoms with Crippen LogP contribution in [0.25, 0.3) is 0 Å². The summed E-state index contributed by atoms with van der Waals surface area (Å²) in [6.45, 7) is 3.06. The molecule has 0 fully saturated rings. The lowest BCUT2D eigenvalue weighted by Crippen LogP contribution is -2.04. The molecule has 2 aromatic rings. The van der Waals surface area contributed by atoms with Gasteiger partial charge in [-0.15, -0.1) is 0 Å². The third kappa shape index (κ3) is 3.74. The van der Waals surface area contributed by atoms with Crippen LogP contribution in [0.5, 0.6) is 11.6 Å². The van der Waals surface area contributed by atoms with Gasteiger partial charge in [0, 0.05) is 6.54 Å². The topological polar surface area (TPSA) is 56.3 Å². The Kier molecular flexibility index (Phi) is 5.01. The summed E-state index contributed by atoms with van der Waals surface area (Å²) in [5.41, 5.74) is 0.976. The molecule has 106 valence electrons. The van der Waals surface area contributed by atoms with Crippen molar-refractivity contribution in [2.45, 2.75) is 13.5 Å². The van der Waals surface area contributed by atoms with Gasteiger partial charge in [0.15, 0.2) is 0 Å². The highest BCUT2D eigenvalue weighted by molar-refractivity contribution is 6.31. The minimum Gasteiger partial charge on any atom is -0.497 e. The Morgan fingerprint density at radius 1 is 1.35 bits per heavy atom. The second-order valence-electron chi connectivity index (χ2n) is 4.02. The van der Waals surface area contributed by atoms with Crippen LogP contribution in [0, 0.1) is 0 Å². The molecule has 1 aromatic heterocycles. The molecule has 5 nitrogen and oxygen atoms in total. The van der Waals surface area contributed by atoms with E-state index in [0.717, 1.165) is 17.9 Å². The van der Waals surface area contributed by atoms with E-state index < -0.39 is 0 Å². The molecule has 6 heteroatoms. The first-order chi connectivity index (χ1) is 9.72. The molecule has 0 saturated heterocycles. The lowest BCUT2D eigenvalue weighted by Gasteiger charge is -2.09. The fourth-order valence-electron chi connectivity index (χ4n) is 1.61. The Hall–Kier alpha value is -2.01. The normalized spacial score (nSPS) is 10.2. The number of rotatable bonds is 6. The summed E-state index contributed by atoms with van der Waals surface area (Å²) in [6, 6.07) is 7.64. The van der Waals surface area contributed by atoms with E-state index in [0.29, 0.717) is 23.5 Å². The zero-order chi connectivity index (χ0) is 14.4. The van der Waals surface area contributed by atoms with Crippen molar-refractivity contribution in [3.63, 3.8) is 0 Å². The van der Waals surface area contributed by atoms with Crippen LogP contribution in [0.15, 0.2) is 30.5 Å². The molecule has 0 amide bonds. The molecule has 2 rings (SSSR count). The molecular formula is C14H16ClN3O2. The monoisotopic (exact) mass is 293 g/mol. The summed E-state index contributed by atoms with van der Waals surface area (Å²) >= 11 is 6.02. The van der Waals surface area contributed by atoms with Crippen LogP contribution >= 0.6 is 11.6 Å². The van der Waals surface area contributed by atoms with Crippen LogP contribution in [0.1, 0.15) is 12.5 Å². The number of benzene rings is 1. The number of ether oxygens (including phenoxy) is 2. The number of anilines is 1. The predicted octanol–water partition coefficient (Wildman–Crippen LogP) is 3.15. The highest BCUT2D eigenvalue weighted by atomic mass is 35.5. The minimum absolute atomic E-state index is 0.361. The fraction of sp³-hybridized carbons (Fsp3) is 0.286. The summed E-state index contributed by atoms with van der Waals surface area (Å²) in [4.78, 5) is 8.27. The second kappa shape index (κ2) is 6.96. The van der Waals surface area contributed by atoms with E-state index >= 15 is 0 Å². The Bertz CT molecular complexity index is 578. The van der Waals surface area contributed by atoms with E-state index in [1.807, 2.05) is 31.2 Å². The molecule has 0 atom stereocenters. The molecule has 1 heterocycles. The van der Waals surface area contributed by atoms with Crippen molar-refractivity contribution in [1.29, 1.82) is 0 Å². The first kappa shape index (κ1) is 14.4. The van der Waals surface area contributed by atoms with Crippen LogP contribution in [0.3, 0.4) is 0 Å². The summed E-state index contributed by atoms with van der Waals surface area (Å²) in [7, 11) is 1.63. The highest BCUT2D eigenvalue weighted by Gasteiger charge is 2.07. The van der Waals surface area contributed by atoms with E-state index in [-0.39, 0.29) is 0 Å². The molecule has 0 bridgehead atoms. The van der Waals surface area contributed by atoms with Gasteiger partial charge >= 0.3 is 0 Å². The summed E-state index contributed by atoms with van der Waals surface area (Å²) in [6.07, 6.45) is 1.52. The van der Waals surface area contributed by atoms with Crippen molar-refractivity contribution in [3.05, 3.63) is 41.0 Å². The van der Waals surface area contributed by atoms with Crippen LogP contribution in [0.2, 0.25) is 5.02 Å². The average Bonchev–Trinajstić information content (AvgIpc) is 2.48. The van der Waals surface area contributed by atoms with Gasteiger partial charge in [0.2, 0.25) is 11.8 Å². The molecule has 0 radical (unpaired) electrons. The highest BCUT2D eigenvalue weighted by Crippen LogP contribution is 2.23. The van der Waals surface area contributed by atoms with Crippen molar-refractivity contribution >= 4 is 17.5 Å². The molecular weight excluding hydrogens is 278 g/mol. The third-order valence-corrected chi connectivity index (χ3v) is 2.82. The maximum Gasteiger partial charge on any atom is 0.237 e. The molecule has 1 N–H and O–H groups in total. The molecule has 0 spiro atoms. The van der Waals surface area contributed by atoms with E-state index in [9.17, 15) is 0 Å². The summed E-state index contributed by atoms with van der Waals surface area (Å²) in [5, 5.41) is 3.39. The predicted molar refractivity (Wildman–Crippen MR) is 78.5 cm³/mol. The standard InChI is InChI=1S/C14H16ClN3O2/c1-3-16-14-17-8-12(15)13(18-14)20-9-10-5-4-6-11(7-10)19-2/h4-8H,3,9H2,1-2H3,(H,16,17,18). The lowest BCUT2D eigenvalue weighted by atomic mass is 10.2. The van der Waals surface area contributed by atoms with Crippen molar-refractivity contribution in [1.82, 2.24) is 9.97 Å².